The molecular weight excluding hydrogens is 358 g/mol. The molecule has 28 heavy (non-hydrogen) atoms. The molecule has 0 N–H and O–H groups in total. The molecule has 0 aliphatic carbocycles. The van der Waals surface area contributed by atoms with Gasteiger partial charge in [0.2, 0.25) is 11.5 Å². The number of rotatable bonds is 6. The van der Waals surface area contributed by atoms with E-state index in [1.807, 2.05) is 6.07 Å². The summed E-state index contributed by atoms with van der Waals surface area (Å²) >= 11 is 0. The Bertz CT molecular complexity index is 1060. The molecule has 0 fully saturated rings. The van der Waals surface area contributed by atoms with Crippen molar-refractivity contribution in [2.75, 3.05) is 7.11 Å². The Kier molecular flexibility index (Phi) is 5.68. The Balaban J connectivity index is 1.86. The van der Waals surface area contributed by atoms with Crippen LogP contribution in [0, 0.1) is 11.3 Å². The van der Waals surface area contributed by atoms with Crippen LogP contribution >= 0.6 is 0 Å². The maximum Gasteiger partial charge on any atom is 0.379 e. The summed E-state index contributed by atoms with van der Waals surface area (Å²) in [6.45, 7) is 0. The van der Waals surface area contributed by atoms with E-state index < -0.39 is 5.97 Å². The molecule has 0 aliphatic heterocycles. The van der Waals surface area contributed by atoms with Gasteiger partial charge in [0.15, 0.2) is 11.5 Å². The highest BCUT2D eigenvalue weighted by atomic mass is 16.6. The van der Waals surface area contributed by atoms with Gasteiger partial charge in [-0.25, -0.2) is 4.79 Å². The van der Waals surface area contributed by atoms with Crippen molar-refractivity contribution < 1.29 is 23.5 Å². The number of carbonyl (C=O) groups is 2. The van der Waals surface area contributed by atoms with Crippen molar-refractivity contribution in [3.63, 3.8) is 0 Å². The predicted octanol–water partition coefficient (Wildman–Crippen LogP) is 4.30. The van der Waals surface area contributed by atoms with Crippen LogP contribution in [0.2, 0.25) is 0 Å². The van der Waals surface area contributed by atoms with Crippen LogP contribution in [0.15, 0.2) is 76.9 Å². The number of nitrogens with zero attached hydrogens (tertiary/aromatic N) is 1. The van der Waals surface area contributed by atoms with E-state index in [0.29, 0.717) is 11.1 Å². The van der Waals surface area contributed by atoms with Crippen LogP contribution < -0.4 is 9.47 Å². The molecule has 1 aromatic heterocycles. The molecule has 6 heteroatoms. The van der Waals surface area contributed by atoms with E-state index in [9.17, 15) is 14.9 Å². The molecule has 0 unspecified atom stereocenters. The highest BCUT2D eigenvalue weighted by molar-refractivity contribution is 6.14. The van der Waals surface area contributed by atoms with Crippen molar-refractivity contribution in [2.45, 2.75) is 0 Å². The van der Waals surface area contributed by atoms with Crippen molar-refractivity contribution in [2.24, 2.45) is 0 Å². The summed E-state index contributed by atoms with van der Waals surface area (Å²) in [5, 5.41) is 9.37. The normalized spacial score (nSPS) is 10.8. The van der Waals surface area contributed by atoms with E-state index in [1.54, 1.807) is 48.5 Å². The monoisotopic (exact) mass is 373 g/mol. The van der Waals surface area contributed by atoms with Gasteiger partial charge >= 0.3 is 5.97 Å². The van der Waals surface area contributed by atoms with Crippen molar-refractivity contribution >= 4 is 17.8 Å². The predicted molar refractivity (Wildman–Crippen MR) is 101 cm³/mol. The molecule has 2 aromatic carbocycles. The summed E-state index contributed by atoms with van der Waals surface area (Å²) in [5.74, 6) is -0.516. The number of esters is 1. The zero-order chi connectivity index (χ0) is 19.9. The number of Topliss-reactive ketones (excluding diaryl/α,β-unsaturated/α-hetero) is 1. The van der Waals surface area contributed by atoms with Crippen molar-refractivity contribution in [3.8, 4) is 17.6 Å². The molecule has 0 bridgehead atoms. The zero-order valence-corrected chi connectivity index (χ0v) is 14.9. The van der Waals surface area contributed by atoms with Gasteiger partial charge in [-0.3, -0.25) is 4.79 Å². The van der Waals surface area contributed by atoms with Gasteiger partial charge < -0.3 is 13.9 Å². The van der Waals surface area contributed by atoms with Crippen molar-refractivity contribution in [1.82, 2.24) is 0 Å². The summed E-state index contributed by atoms with van der Waals surface area (Å²) in [6.07, 6.45) is 2.82. The number of carbonyl (C=O) groups excluding carboxylic acids is 2. The first-order valence-electron chi connectivity index (χ1n) is 8.27. The number of hydrogen-bond donors (Lipinski definition) is 0. The van der Waals surface area contributed by atoms with Crippen LogP contribution in [0.25, 0.3) is 6.08 Å². The van der Waals surface area contributed by atoms with Crippen LogP contribution in [-0.2, 0) is 0 Å². The first kappa shape index (κ1) is 18.7. The lowest BCUT2D eigenvalue weighted by Crippen LogP contribution is -2.08. The number of hydrogen-bond acceptors (Lipinski definition) is 6. The minimum absolute atomic E-state index is 0.0198. The number of ether oxygens (including phenoxy) is 2. The van der Waals surface area contributed by atoms with E-state index in [4.69, 9.17) is 13.9 Å². The number of benzene rings is 2. The second kappa shape index (κ2) is 8.52. The third kappa shape index (κ3) is 4.17. The molecule has 0 saturated heterocycles. The number of allylic oxidation sites excluding steroid dienone is 1. The van der Waals surface area contributed by atoms with Crippen molar-refractivity contribution in [1.29, 1.82) is 5.26 Å². The molecular formula is C22H15NO5. The van der Waals surface area contributed by atoms with Gasteiger partial charge in [-0.1, -0.05) is 36.4 Å². The Morgan fingerprint density at radius 3 is 2.46 bits per heavy atom. The largest absolute Gasteiger partial charge is 0.493 e. The molecule has 0 amide bonds. The molecule has 3 rings (SSSR count). The SMILES string of the molecule is COc1cc(/C=C(\C#N)C(=O)c2ccccc2)ccc1OC(=O)c1ccco1. The maximum atomic E-state index is 12.5. The fourth-order valence-electron chi connectivity index (χ4n) is 2.46. The lowest BCUT2D eigenvalue weighted by molar-refractivity contribution is 0.0696. The average molecular weight is 373 g/mol. The summed E-state index contributed by atoms with van der Waals surface area (Å²) in [7, 11) is 1.42. The lowest BCUT2D eigenvalue weighted by Gasteiger charge is -2.09. The molecule has 3 aromatic rings. The van der Waals surface area contributed by atoms with Gasteiger partial charge in [0.1, 0.15) is 11.6 Å². The van der Waals surface area contributed by atoms with Gasteiger partial charge in [-0.15, -0.1) is 0 Å². The standard InChI is InChI=1S/C22H15NO5/c1-26-20-13-15(9-10-18(20)28-22(25)19-8-5-11-27-19)12-17(14-23)21(24)16-6-3-2-4-7-16/h2-13H,1H3/b17-12+. The van der Waals surface area contributed by atoms with Gasteiger partial charge in [-0.05, 0) is 35.9 Å². The molecule has 0 aliphatic rings. The van der Waals surface area contributed by atoms with Crippen LogP contribution in [0.3, 0.4) is 0 Å². The molecule has 0 atom stereocenters. The summed E-state index contributed by atoms with van der Waals surface area (Å²) < 4.78 is 15.5. The minimum Gasteiger partial charge on any atom is -0.493 e. The molecule has 0 saturated carbocycles. The van der Waals surface area contributed by atoms with Gasteiger partial charge in [0.05, 0.1) is 13.4 Å². The Morgan fingerprint density at radius 1 is 1.04 bits per heavy atom. The van der Waals surface area contributed by atoms with Gasteiger partial charge in [-0.2, -0.15) is 5.26 Å². The van der Waals surface area contributed by atoms with E-state index in [2.05, 4.69) is 0 Å². The molecule has 138 valence electrons. The third-order valence-electron chi connectivity index (χ3n) is 3.82. The molecule has 6 nitrogen and oxygen atoms in total. The van der Waals surface area contributed by atoms with E-state index >= 15 is 0 Å². The Morgan fingerprint density at radius 2 is 1.82 bits per heavy atom. The third-order valence-corrected chi connectivity index (χ3v) is 3.82. The van der Waals surface area contributed by atoms with Crippen molar-refractivity contribution in [3.05, 3.63) is 89.4 Å². The van der Waals surface area contributed by atoms with Gasteiger partial charge in [0, 0.05) is 5.56 Å². The molecule has 0 radical (unpaired) electrons. The molecule has 1 heterocycles. The Labute approximate surface area is 161 Å². The van der Waals surface area contributed by atoms with Crippen LogP contribution in [0.5, 0.6) is 11.5 Å². The second-order valence-corrected chi connectivity index (χ2v) is 5.64. The minimum atomic E-state index is -0.663. The summed E-state index contributed by atoms with van der Waals surface area (Å²) in [5.41, 5.74) is 0.954. The quantitative estimate of drug-likeness (QED) is 0.210. The highest BCUT2D eigenvalue weighted by Gasteiger charge is 2.16. The lowest BCUT2D eigenvalue weighted by atomic mass is 10.0. The smallest absolute Gasteiger partial charge is 0.379 e. The van der Waals surface area contributed by atoms with Crippen LogP contribution in [-0.4, -0.2) is 18.9 Å². The fraction of sp³-hybridized carbons (Fsp3) is 0.0455. The highest BCUT2D eigenvalue weighted by Crippen LogP contribution is 2.30. The topological polar surface area (TPSA) is 89.5 Å². The van der Waals surface area contributed by atoms with Crippen LogP contribution in [0.1, 0.15) is 26.5 Å². The maximum absolute atomic E-state index is 12.5. The first-order chi connectivity index (χ1) is 13.6. The second-order valence-electron chi connectivity index (χ2n) is 5.64. The van der Waals surface area contributed by atoms with E-state index in [0.717, 1.165) is 0 Å². The zero-order valence-electron chi connectivity index (χ0n) is 14.9. The van der Waals surface area contributed by atoms with E-state index in [-0.39, 0.29) is 28.6 Å². The van der Waals surface area contributed by atoms with Crippen LogP contribution in [0.4, 0.5) is 0 Å². The fourth-order valence-corrected chi connectivity index (χ4v) is 2.46. The van der Waals surface area contributed by atoms with E-state index in [1.165, 1.54) is 31.6 Å². The average Bonchev–Trinajstić information content (AvgIpc) is 3.28. The molecule has 0 spiro atoms. The number of methoxy groups -OCH3 is 1. The summed E-state index contributed by atoms with van der Waals surface area (Å²) in [4.78, 5) is 24.5. The first-order valence-corrected chi connectivity index (χ1v) is 8.27. The number of furan rings is 1. The Hall–Kier alpha value is -4.11. The van der Waals surface area contributed by atoms with Gasteiger partial charge in [0.25, 0.3) is 0 Å². The number of ketones is 1. The number of nitriles is 1. The summed E-state index contributed by atoms with van der Waals surface area (Å²) in [6, 6.07) is 18.2.